The molecule has 0 atom stereocenters. The summed E-state index contributed by atoms with van der Waals surface area (Å²) in [5.41, 5.74) is 7.75. The van der Waals surface area contributed by atoms with Crippen molar-refractivity contribution < 1.29 is 0 Å². The molecule has 0 aliphatic carbocycles. The molecule has 3 nitrogen and oxygen atoms in total. The molecule has 3 rings (SSSR count). The van der Waals surface area contributed by atoms with Gasteiger partial charge in [0.1, 0.15) is 0 Å². The summed E-state index contributed by atoms with van der Waals surface area (Å²) in [7, 11) is 0. The second-order valence-corrected chi connectivity index (χ2v) is 6.58. The van der Waals surface area contributed by atoms with Crippen LogP contribution in [0.4, 0.5) is 0 Å². The fourth-order valence-electron chi connectivity index (χ4n) is 3.72. The molecule has 0 saturated carbocycles. The molecule has 2 heterocycles. The Balaban J connectivity index is 2.36. The van der Waals surface area contributed by atoms with Crippen LogP contribution in [0.1, 0.15) is 50.7 Å². The summed E-state index contributed by atoms with van der Waals surface area (Å²) < 4.78 is 4.53. The molecular weight excluding hydrogens is 282 g/mol. The van der Waals surface area contributed by atoms with Crippen molar-refractivity contribution in [2.75, 3.05) is 0 Å². The second-order valence-electron chi connectivity index (χ2n) is 6.58. The van der Waals surface area contributed by atoms with E-state index in [2.05, 4.69) is 75.2 Å². The minimum absolute atomic E-state index is 0.380. The molecule has 1 aromatic carbocycles. The minimum atomic E-state index is 0.380. The fourth-order valence-corrected chi connectivity index (χ4v) is 3.72. The molecule has 122 valence electrons. The van der Waals surface area contributed by atoms with Crippen LogP contribution >= 0.6 is 0 Å². The van der Waals surface area contributed by atoms with E-state index in [1.807, 2.05) is 0 Å². The zero-order valence-corrected chi connectivity index (χ0v) is 15.1. The lowest BCUT2D eigenvalue weighted by Crippen LogP contribution is -2.04. The monoisotopic (exact) mass is 309 g/mol. The van der Waals surface area contributed by atoms with Crippen molar-refractivity contribution in [3.63, 3.8) is 0 Å². The molecule has 0 amide bonds. The van der Waals surface area contributed by atoms with Gasteiger partial charge in [-0.15, -0.1) is 0 Å². The highest BCUT2D eigenvalue weighted by molar-refractivity contribution is 5.97. The van der Waals surface area contributed by atoms with E-state index in [4.69, 9.17) is 5.10 Å². The average molecular weight is 309 g/mol. The van der Waals surface area contributed by atoms with Crippen LogP contribution < -0.4 is 0 Å². The van der Waals surface area contributed by atoms with Crippen LogP contribution in [-0.2, 0) is 13.0 Å². The maximum atomic E-state index is 4.78. The van der Waals surface area contributed by atoms with E-state index in [0.29, 0.717) is 6.04 Å². The smallest absolute Gasteiger partial charge is 0.0675 e. The highest BCUT2D eigenvalue weighted by atomic mass is 15.3. The van der Waals surface area contributed by atoms with Crippen LogP contribution in [-0.4, -0.2) is 14.3 Å². The van der Waals surface area contributed by atoms with Crippen molar-refractivity contribution in [2.24, 2.45) is 0 Å². The highest BCUT2D eigenvalue weighted by Crippen LogP contribution is 2.36. The van der Waals surface area contributed by atoms with Gasteiger partial charge in [0.05, 0.1) is 11.2 Å². The number of para-hydroxylation sites is 1. The number of hydrogen-bond donors (Lipinski definition) is 0. The number of rotatable bonds is 4. The lowest BCUT2D eigenvalue weighted by Gasteiger charge is -2.11. The van der Waals surface area contributed by atoms with E-state index in [9.17, 15) is 0 Å². The lowest BCUT2D eigenvalue weighted by atomic mass is 9.99. The Morgan fingerprint density at radius 3 is 2.43 bits per heavy atom. The first-order chi connectivity index (χ1) is 11.0. The summed E-state index contributed by atoms with van der Waals surface area (Å²) in [5, 5.41) is 6.16. The minimum Gasteiger partial charge on any atom is -0.347 e. The molecule has 0 aliphatic heterocycles. The Morgan fingerprint density at radius 1 is 1.13 bits per heavy atom. The maximum Gasteiger partial charge on any atom is 0.0675 e. The molecule has 2 aromatic heterocycles. The molecule has 0 saturated heterocycles. The molecule has 0 bridgehead atoms. The van der Waals surface area contributed by atoms with Gasteiger partial charge in [-0.2, -0.15) is 5.10 Å². The predicted octanol–water partition coefficient (Wildman–Crippen LogP) is 5.28. The Morgan fingerprint density at radius 2 is 1.87 bits per heavy atom. The van der Waals surface area contributed by atoms with E-state index < -0.39 is 0 Å². The van der Waals surface area contributed by atoms with Gasteiger partial charge in [0.15, 0.2) is 0 Å². The normalized spacial score (nSPS) is 11.8. The van der Waals surface area contributed by atoms with Gasteiger partial charge in [0.2, 0.25) is 0 Å². The maximum absolute atomic E-state index is 4.78. The zero-order valence-electron chi connectivity index (χ0n) is 15.1. The van der Waals surface area contributed by atoms with Crippen molar-refractivity contribution in [2.45, 2.75) is 60.5 Å². The lowest BCUT2D eigenvalue weighted by molar-refractivity contribution is 0.516. The van der Waals surface area contributed by atoms with Crippen LogP contribution in [0.3, 0.4) is 0 Å². The third-order valence-corrected chi connectivity index (χ3v) is 4.79. The Labute approximate surface area is 138 Å². The predicted molar refractivity (Wildman–Crippen MR) is 98.1 cm³/mol. The van der Waals surface area contributed by atoms with Gasteiger partial charge in [-0.25, -0.2) is 0 Å². The van der Waals surface area contributed by atoms with Crippen LogP contribution in [0.2, 0.25) is 0 Å². The topological polar surface area (TPSA) is 22.8 Å². The molecule has 3 heteroatoms. The van der Waals surface area contributed by atoms with Crippen molar-refractivity contribution in [3.8, 4) is 11.1 Å². The first kappa shape index (κ1) is 15.9. The number of aromatic nitrogens is 3. The summed E-state index contributed by atoms with van der Waals surface area (Å²) in [6.07, 6.45) is 3.38. The van der Waals surface area contributed by atoms with Gasteiger partial charge in [-0.3, -0.25) is 4.68 Å². The quantitative estimate of drug-likeness (QED) is 0.642. The summed E-state index contributed by atoms with van der Waals surface area (Å²) in [6, 6.07) is 7.06. The third kappa shape index (κ3) is 2.39. The Hall–Kier alpha value is -2.03. The van der Waals surface area contributed by atoms with Crippen LogP contribution in [0, 0.1) is 13.8 Å². The molecular formula is C20H27N3. The van der Waals surface area contributed by atoms with Crippen LogP contribution in [0.25, 0.3) is 22.0 Å². The van der Waals surface area contributed by atoms with Crippen LogP contribution in [0.5, 0.6) is 0 Å². The number of aryl methyl sites for hydroxylation is 3. The second kappa shape index (κ2) is 5.88. The van der Waals surface area contributed by atoms with Gasteiger partial charge in [-0.05, 0) is 46.6 Å². The van der Waals surface area contributed by atoms with E-state index in [1.165, 1.54) is 33.3 Å². The molecule has 0 fully saturated rings. The highest BCUT2D eigenvalue weighted by Gasteiger charge is 2.19. The number of fused-ring (bicyclic) bond motifs is 1. The van der Waals surface area contributed by atoms with Gasteiger partial charge >= 0.3 is 0 Å². The van der Waals surface area contributed by atoms with Gasteiger partial charge in [-0.1, -0.05) is 25.1 Å². The van der Waals surface area contributed by atoms with E-state index in [-0.39, 0.29) is 0 Å². The molecule has 0 spiro atoms. The SMILES string of the molecule is CCc1cn(CC)c2c(-c3c(C)nn(C(C)C)c3C)cccc12. The number of nitrogens with zero attached hydrogens (tertiary/aromatic N) is 3. The van der Waals surface area contributed by atoms with Gasteiger partial charge in [0, 0.05) is 41.0 Å². The molecule has 0 aliphatic rings. The van der Waals surface area contributed by atoms with Crippen LogP contribution in [0.15, 0.2) is 24.4 Å². The first-order valence-corrected chi connectivity index (χ1v) is 8.66. The first-order valence-electron chi connectivity index (χ1n) is 8.66. The van der Waals surface area contributed by atoms with Crippen molar-refractivity contribution in [1.82, 2.24) is 14.3 Å². The Kier molecular flexibility index (Phi) is 4.05. The van der Waals surface area contributed by atoms with E-state index in [1.54, 1.807) is 0 Å². The fraction of sp³-hybridized carbons (Fsp3) is 0.450. The number of hydrogen-bond acceptors (Lipinski definition) is 1. The Bertz CT molecular complexity index is 850. The summed E-state index contributed by atoms with van der Waals surface area (Å²) >= 11 is 0. The van der Waals surface area contributed by atoms with E-state index in [0.717, 1.165) is 18.7 Å². The molecule has 3 aromatic rings. The average Bonchev–Trinajstić information content (AvgIpc) is 3.04. The largest absolute Gasteiger partial charge is 0.347 e. The van der Waals surface area contributed by atoms with Gasteiger partial charge in [0.25, 0.3) is 0 Å². The molecule has 0 unspecified atom stereocenters. The molecule has 23 heavy (non-hydrogen) atoms. The summed E-state index contributed by atoms with van der Waals surface area (Å²) in [4.78, 5) is 0. The number of benzene rings is 1. The van der Waals surface area contributed by atoms with Crippen molar-refractivity contribution in [1.29, 1.82) is 0 Å². The molecule has 0 N–H and O–H groups in total. The van der Waals surface area contributed by atoms with E-state index >= 15 is 0 Å². The van der Waals surface area contributed by atoms with Crippen molar-refractivity contribution in [3.05, 3.63) is 41.3 Å². The van der Waals surface area contributed by atoms with Crippen molar-refractivity contribution >= 4 is 10.9 Å². The standard InChI is InChI=1S/C20H27N3/c1-7-16-12-22(8-2)20-17(16)10-9-11-18(20)19-14(5)21-23(13(3)4)15(19)6/h9-13H,7-8H2,1-6H3. The summed E-state index contributed by atoms with van der Waals surface area (Å²) in [5.74, 6) is 0. The zero-order chi connectivity index (χ0) is 16.7. The van der Waals surface area contributed by atoms with Gasteiger partial charge < -0.3 is 4.57 Å². The molecule has 0 radical (unpaired) electrons. The third-order valence-electron chi connectivity index (χ3n) is 4.79. The summed E-state index contributed by atoms with van der Waals surface area (Å²) in [6.45, 7) is 14.1.